The first kappa shape index (κ1) is 14.5. The lowest BCUT2D eigenvalue weighted by atomic mass is 10.0. The molecule has 0 N–H and O–H groups in total. The van der Waals surface area contributed by atoms with Crippen molar-refractivity contribution in [3.8, 4) is 0 Å². The van der Waals surface area contributed by atoms with E-state index in [0.29, 0.717) is 6.61 Å². The molecule has 0 fully saturated rings. The largest absolute Gasteiger partial charge is 0.463 e. The second-order valence-electron chi connectivity index (χ2n) is 4.29. The Labute approximate surface area is 110 Å². The molecule has 0 saturated heterocycles. The van der Waals surface area contributed by atoms with Gasteiger partial charge in [-0.05, 0) is 37.0 Å². The molecule has 0 atom stereocenters. The first-order valence-electron chi connectivity index (χ1n) is 6.70. The fourth-order valence-electron chi connectivity index (χ4n) is 1.79. The third kappa shape index (κ3) is 5.67. The van der Waals surface area contributed by atoms with Gasteiger partial charge >= 0.3 is 5.97 Å². The molecule has 0 saturated carbocycles. The van der Waals surface area contributed by atoms with Crippen molar-refractivity contribution in [2.45, 2.75) is 39.5 Å². The Morgan fingerprint density at radius 2 is 2.11 bits per heavy atom. The molecule has 0 aliphatic carbocycles. The van der Waals surface area contributed by atoms with E-state index in [-0.39, 0.29) is 5.97 Å². The van der Waals surface area contributed by atoms with Gasteiger partial charge in [-0.1, -0.05) is 44.0 Å². The van der Waals surface area contributed by atoms with Crippen LogP contribution in [0, 0.1) is 0 Å². The summed E-state index contributed by atoms with van der Waals surface area (Å²) in [5.74, 6) is -0.283. The van der Waals surface area contributed by atoms with E-state index in [0.717, 1.165) is 12.0 Å². The molecule has 0 spiro atoms. The molecule has 0 aromatic heterocycles. The molecule has 18 heavy (non-hydrogen) atoms. The summed E-state index contributed by atoms with van der Waals surface area (Å²) < 4.78 is 4.85. The van der Waals surface area contributed by atoms with E-state index in [2.05, 4.69) is 19.1 Å². The number of hydrogen-bond acceptors (Lipinski definition) is 2. The molecule has 0 radical (unpaired) electrons. The van der Waals surface area contributed by atoms with Crippen LogP contribution < -0.4 is 0 Å². The number of ether oxygens (including phenoxy) is 1. The molecule has 0 amide bonds. The average molecular weight is 246 g/mol. The van der Waals surface area contributed by atoms with Gasteiger partial charge in [-0.2, -0.15) is 0 Å². The van der Waals surface area contributed by atoms with E-state index in [4.69, 9.17) is 4.74 Å². The van der Waals surface area contributed by atoms with Crippen LogP contribution in [0.4, 0.5) is 0 Å². The normalized spacial score (nSPS) is 10.8. The zero-order valence-corrected chi connectivity index (χ0v) is 11.3. The fraction of sp³-hybridized carbons (Fsp3) is 0.438. The van der Waals surface area contributed by atoms with Gasteiger partial charge in [0.05, 0.1) is 6.61 Å². The van der Waals surface area contributed by atoms with Crippen molar-refractivity contribution in [2.75, 3.05) is 6.61 Å². The van der Waals surface area contributed by atoms with Crippen LogP contribution in [0.25, 0.3) is 6.08 Å². The highest BCUT2D eigenvalue weighted by atomic mass is 16.5. The summed E-state index contributed by atoms with van der Waals surface area (Å²) in [6.45, 7) is 4.43. The van der Waals surface area contributed by atoms with Crippen molar-refractivity contribution in [1.29, 1.82) is 0 Å². The maximum Gasteiger partial charge on any atom is 0.330 e. The minimum atomic E-state index is -0.283. The summed E-state index contributed by atoms with van der Waals surface area (Å²) in [5, 5.41) is 0. The number of esters is 1. The van der Waals surface area contributed by atoms with Gasteiger partial charge in [0, 0.05) is 6.08 Å². The van der Waals surface area contributed by atoms with Crippen LogP contribution in [-0.4, -0.2) is 12.6 Å². The molecule has 1 aromatic rings. The van der Waals surface area contributed by atoms with E-state index in [1.54, 1.807) is 13.0 Å². The highest BCUT2D eigenvalue weighted by molar-refractivity contribution is 5.87. The number of rotatable bonds is 7. The summed E-state index contributed by atoms with van der Waals surface area (Å²) in [7, 11) is 0. The second-order valence-corrected chi connectivity index (χ2v) is 4.29. The number of hydrogen-bond donors (Lipinski definition) is 0. The number of benzene rings is 1. The predicted octanol–water partition coefficient (Wildman–Crippen LogP) is 4.00. The number of carbonyl (C=O) groups is 1. The molecule has 0 heterocycles. The van der Waals surface area contributed by atoms with Gasteiger partial charge in [-0.15, -0.1) is 0 Å². The van der Waals surface area contributed by atoms with Crippen LogP contribution >= 0.6 is 0 Å². The molecule has 98 valence electrons. The molecule has 0 unspecified atom stereocenters. The molecular formula is C16H22O2. The van der Waals surface area contributed by atoms with Gasteiger partial charge in [0.25, 0.3) is 0 Å². The third-order valence-corrected chi connectivity index (χ3v) is 2.72. The zero-order chi connectivity index (χ0) is 13.2. The highest BCUT2D eigenvalue weighted by Gasteiger charge is 1.96. The Hall–Kier alpha value is -1.57. The van der Waals surface area contributed by atoms with Crippen molar-refractivity contribution in [3.63, 3.8) is 0 Å². The lowest BCUT2D eigenvalue weighted by Crippen LogP contribution is -1.98. The van der Waals surface area contributed by atoms with E-state index in [9.17, 15) is 4.79 Å². The lowest BCUT2D eigenvalue weighted by Gasteiger charge is -2.02. The molecular weight excluding hydrogens is 224 g/mol. The van der Waals surface area contributed by atoms with Crippen molar-refractivity contribution < 1.29 is 9.53 Å². The Morgan fingerprint density at radius 3 is 2.83 bits per heavy atom. The quantitative estimate of drug-likeness (QED) is 0.413. The van der Waals surface area contributed by atoms with E-state index in [1.807, 2.05) is 12.1 Å². The van der Waals surface area contributed by atoms with Gasteiger partial charge in [0.1, 0.15) is 0 Å². The van der Waals surface area contributed by atoms with Crippen LogP contribution in [0.1, 0.15) is 44.2 Å². The summed E-state index contributed by atoms with van der Waals surface area (Å²) in [6.07, 6.45) is 8.12. The number of carbonyl (C=O) groups excluding carboxylic acids is 1. The molecule has 1 rings (SSSR count). The minimum absolute atomic E-state index is 0.283. The van der Waals surface area contributed by atoms with Gasteiger partial charge < -0.3 is 4.74 Å². The maximum absolute atomic E-state index is 11.2. The Morgan fingerprint density at radius 1 is 1.28 bits per heavy atom. The van der Waals surface area contributed by atoms with E-state index in [1.165, 1.54) is 30.9 Å². The van der Waals surface area contributed by atoms with Crippen LogP contribution in [-0.2, 0) is 16.0 Å². The predicted molar refractivity (Wildman–Crippen MR) is 75.3 cm³/mol. The van der Waals surface area contributed by atoms with Crippen LogP contribution in [0.2, 0.25) is 0 Å². The fourth-order valence-corrected chi connectivity index (χ4v) is 1.79. The van der Waals surface area contributed by atoms with Crippen molar-refractivity contribution in [2.24, 2.45) is 0 Å². The third-order valence-electron chi connectivity index (χ3n) is 2.72. The molecule has 2 heteroatoms. The second kappa shape index (κ2) is 8.51. The van der Waals surface area contributed by atoms with Crippen molar-refractivity contribution in [3.05, 3.63) is 41.5 Å². The molecule has 0 aliphatic rings. The topological polar surface area (TPSA) is 26.3 Å². The van der Waals surface area contributed by atoms with Gasteiger partial charge in [-0.25, -0.2) is 4.79 Å². The standard InChI is InChI=1S/C16H22O2/c1-3-5-6-8-14-9-7-10-15(13-14)11-12-16(17)18-4-2/h7,9-13H,3-6,8H2,1-2H3/b12-11+. The maximum atomic E-state index is 11.2. The van der Waals surface area contributed by atoms with Crippen molar-refractivity contribution >= 4 is 12.0 Å². The van der Waals surface area contributed by atoms with Gasteiger partial charge in [0.2, 0.25) is 0 Å². The molecule has 2 nitrogen and oxygen atoms in total. The number of unbranched alkanes of at least 4 members (excludes halogenated alkanes) is 2. The SMILES string of the molecule is CCCCCc1cccc(/C=C/C(=O)OCC)c1. The summed E-state index contributed by atoms with van der Waals surface area (Å²) in [6, 6.07) is 8.30. The Kier molecular flexibility index (Phi) is 6.85. The lowest BCUT2D eigenvalue weighted by molar-refractivity contribution is -0.137. The smallest absolute Gasteiger partial charge is 0.330 e. The summed E-state index contributed by atoms with van der Waals surface area (Å²) in [4.78, 5) is 11.2. The minimum Gasteiger partial charge on any atom is -0.463 e. The van der Waals surface area contributed by atoms with E-state index >= 15 is 0 Å². The highest BCUT2D eigenvalue weighted by Crippen LogP contribution is 2.11. The molecule has 0 bridgehead atoms. The zero-order valence-electron chi connectivity index (χ0n) is 11.3. The van der Waals surface area contributed by atoms with Crippen LogP contribution in [0.3, 0.4) is 0 Å². The Balaban J connectivity index is 2.56. The van der Waals surface area contributed by atoms with Crippen LogP contribution in [0.15, 0.2) is 30.3 Å². The first-order chi connectivity index (χ1) is 8.76. The molecule has 0 aliphatic heterocycles. The summed E-state index contributed by atoms with van der Waals surface area (Å²) >= 11 is 0. The Bertz CT molecular complexity index is 394. The molecule has 1 aromatic carbocycles. The monoisotopic (exact) mass is 246 g/mol. The van der Waals surface area contributed by atoms with Gasteiger partial charge in [-0.3, -0.25) is 0 Å². The average Bonchev–Trinajstić information content (AvgIpc) is 2.38. The van der Waals surface area contributed by atoms with Crippen molar-refractivity contribution in [1.82, 2.24) is 0 Å². The van der Waals surface area contributed by atoms with E-state index < -0.39 is 0 Å². The summed E-state index contributed by atoms with van der Waals surface area (Å²) in [5.41, 5.74) is 2.38. The first-order valence-corrected chi connectivity index (χ1v) is 6.70. The van der Waals surface area contributed by atoms with Gasteiger partial charge in [0.15, 0.2) is 0 Å². The number of aryl methyl sites for hydroxylation is 1. The van der Waals surface area contributed by atoms with Crippen LogP contribution in [0.5, 0.6) is 0 Å².